The summed E-state index contributed by atoms with van der Waals surface area (Å²) >= 11 is 0. The largest absolute Gasteiger partial charge is 0.466 e. The van der Waals surface area contributed by atoms with Gasteiger partial charge in [-0.15, -0.1) is 0 Å². The van der Waals surface area contributed by atoms with Crippen LogP contribution in [0.2, 0.25) is 0 Å². The highest BCUT2D eigenvalue weighted by atomic mass is 19.1. The highest BCUT2D eigenvalue weighted by Crippen LogP contribution is 2.32. The number of carbonyl (C=O) groups excluding carboxylic acids is 1. The summed E-state index contributed by atoms with van der Waals surface area (Å²) in [5.74, 6) is -2.13. The van der Waals surface area contributed by atoms with Crippen molar-refractivity contribution in [3.63, 3.8) is 0 Å². The third-order valence-electron chi connectivity index (χ3n) is 6.25. The Labute approximate surface area is 217 Å². The summed E-state index contributed by atoms with van der Waals surface area (Å²) in [5.41, 5.74) is 5.41. The number of benzene rings is 2. The molecule has 0 atom stereocenters. The molecule has 2 heterocycles. The number of hydrogen-bond donors (Lipinski definition) is 2. The Hall–Kier alpha value is -4.34. The second-order valence-electron chi connectivity index (χ2n) is 9.16. The van der Waals surface area contributed by atoms with Crippen LogP contribution in [0.25, 0.3) is 28.0 Å². The lowest BCUT2D eigenvalue weighted by atomic mass is 9.95. The molecule has 0 amide bonds. The number of anilines is 1. The zero-order valence-electron chi connectivity index (χ0n) is 21.3. The Balaban J connectivity index is 2.01. The quantitative estimate of drug-likeness (QED) is 0.258. The van der Waals surface area contributed by atoms with E-state index in [-0.39, 0.29) is 47.2 Å². The van der Waals surface area contributed by atoms with Gasteiger partial charge in [-0.1, -0.05) is 38.1 Å². The Morgan fingerprint density at radius 1 is 1.13 bits per heavy atom. The lowest BCUT2D eigenvalue weighted by Gasteiger charge is -2.20. The predicted molar refractivity (Wildman–Crippen MR) is 141 cm³/mol. The summed E-state index contributed by atoms with van der Waals surface area (Å²) in [7, 11) is 0. The zero-order chi connectivity index (χ0) is 27.6. The van der Waals surface area contributed by atoms with Gasteiger partial charge in [0.25, 0.3) is 5.56 Å². The molecule has 4 rings (SSSR count). The predicted octanol–water partition coefficient (Wildman–Crippen LogP) is 4.61. The highest BCUT2D eigenvalue weighted by molar-refractivity contribution is 5.83. The Morgan fingerprint density at radius 3 is 2.55 bits per heavy atom. The van der Waals surface area contributed by atoms with Crippen molar-refractivity contribution in [3.8, 4) is 16.9 Å². The van der Waals surface area contributed by atoms with Crippen molar-refractivity contribution < 1.29 is 18.3 Å². The summed E-state index contributed by atoms with van der Waals surface area (Å²) in [6.45, 7) is 5.90. The summed E-state index contributed by atoms with van der Waals surface area (Å²) in [4.78, 5) is 44.5. The average Bonchev–Trinajstić information content (AvgIpc) is 2.85. The van der Waals surface area contributed by atoms with Crippen molar-refractivity contribution in [2.24, 2.45) is 0 Å². The average molecular weight is 523 g/mol. The van der Waals surface area contributed by atoms with Gasteiger partial charge in [-0.2, -0.15) is 0 Å². The van der Waals surface area contributed by atoms with E-state index in [1.807, 2.05) is 32.0 Å². The molecule has 4 aromatic rings. The fourth-order valence-electron chi connectivity index (χ4n) is 4.51. The second-order valence-corrected chi connectivity index (χ2v) is 9.16. The SMILES string of the molecule is CCOC(=O)CCCc1cccc(C(C)C)c1-n1c(=O)[nH]c(=O)c2cc(F)c(-c3c(N)cccc3F)nc21. The van der Waals surface area contributed by atoms with E-state index in [1.54, 1.807) is 6.92 Å². The number of H-pyrrole nitrogens is 1. The molecule has 3 N–H and O–H groups in total. The van der Waals surface area contributed by atoms with Gasteiger partial charge in [0.2, 0.25) is 0 Å². The molecular formula is C28H28F2N4O4. The Bertz CT molecular complexity index is 1620. The van der Waals surface area contributed by atoms with Crippen LogP contribution in [0, 0.1) is 11.6 Å². The fraction of sp³-hybridized carbons (Fsp3) is 0.286. The smallest absolute Gasteiger partial charge is 0.334 e. The summed E-state index contributed by atoms with van der Waals surface area (Å²) in [6, 6.07) is 10.3. The molecule has 0 aliphatic heterocycles. The molecule has 10 heteroatoms. The van der Waals surface area contributed by atoms with Crippen molar-refractivity contribution in [3.05, 3.63) is 86.1 Å². The van der Waals surface area contributed by atoms with Crippen molar-refractivity contribution in [1.82, 2.24) is 14.5 Å². The molecular weight excluding hydrogens is 494 g/mol. The number of fused-ring (bicyclic) bond motifs is 1. The number of nitrogens with zero attached hydrogens (tertiary/aromatic N) is 2. The van der Waals surface area contributed by atoms with E-state index in [0.29, 0.717) is 24.1 Å². The van der Waals surface area contributed by atoms with Crippen LogP contribution in [-0.2, 0) is 16.0 Å². The third kappa shape index (κ3) is 5.06. The highest BCUT2D eigenvalue weighted by Gasteiger charge is 2.23. The number of para-hydroxylation sites is 1. The van der Waals surface area contributed by atoms with Gasteiger partial charge < -0.3 is 10.5 Å². The minimum Gasteiger partial charge on any atom is -0.466 e. The topological polar surface area (TPSA) is 120 Å². The van der Waals surface area contributed by atoms with Gasteiger partial charge in [-0.25, -0.2) is 23.1 Å². The van der Waals surface area contributed by atoms with E-state index in [2.05, 4.69) is 9.97 Å². The van der Waals surface area contributed by atoms with Crippen LogP contribution in [0.5, 0.6) is 0 Å². The Kier molecular flexibility index (Phi) is 7.70. The second kappa shape index (κ2) is 11.0. The van der Waals surface area contributed by atoms with Gasteiger partial charge >= 0.3 is 11.7 Å². The van der Waals surface area contributed by atoms with Gasteiger partial charge in [0.15, 0.2) is 11.5 Å². The van der Waals surface area contributed by atoms with E-state index in [4.69, 9.17) is 10.5 Å². The van der Waals surface area contributed by atoms with Gasteiger partial charge in [-0.05, 0) is 55.0 Å². The number of nitrogens with one attached hydrogen (secondary N) is 1. The number of aromatic nitrogens is 3. The first-order valence-electron chi connectivity index (χ1n) is 12.3. The van der Waals surface area contributed by atoms with Crippen molar-refractivity contribution >= 4 is 22.7 Å². The first-order valence-corrected chi connectivity index (χ1v) is 12.3. The number of carbonyl (C=O) groups is 1. The number of halogens is 2. The monoisotopic (exact) mass is 522 g/mol. The number of aromatic amines is 1. The van der Waals surface area contributed by atoms with Crippen LogP contribution in [0.15, 0.2) is 52.1 Å². The molecule has 0 saturated heterocycles. The number of esters is 1. The lowest BCUT2D eigenvalue weighted by molar-refractivity contribution is -0.143. The van der Waals surface area contributed by atoms with Crippen molar-refractivity contribution in [2.75, 3.05) is 12.3 Å². The summed E-state index contributed by atoms with van der Waals surface area (Å²) in [5, 5.41) is -0.184. The minimum absolute atomic E-state index is 0.0447. The number of nitrogen functional groups attached to an aromatic ring is 1. The van der Waals surface area contributed by atoms with Crippen LogP contribution in [0.3, 0.4) is 0 Å². The van der Waals surface area contributed by atoms with Gasteiger partial charge in [-0.3, -0.25) is 14.6 Å². The minimum atomic E-state index is -0.961. The maximum atomic E-state index is 15.2. The van der Waals surface area contributed by atoms with Crippen molar-refractivity contribution in [2.45, 2.75) is 46.0 Å². The molecule has 0 radical (unpaired) electrons. The number of rotatable bonds is 8. The standard InChI is InChI=1S/C28H28F2N4O4/c1-4-38-22(35)13-6-9-16-8-5-10-17(15(2)3)25(16)34-26-18(27(36)33-28(34)37)14-20(30)24(32-26)23-19(29)11-7-12-21(23)31/h5,7-8,10-12,14-15H,4,6,9,13,31H2,1-3H3,(H,33,36,37). The first kappa shape index (κ1) is 26.7. The van der Waals surface area contributed by atoms with Crippen LogP contribution in [-0.4, -0.2) is 27.1 Å². The molecule has 0 bridgehead atoms. The van der Waals surface area contributed by atoms with E-state index in [9.17, 15) is 18.8 Å². The molecule has 8 nitrogen and oxygen atoms in total. The molecule has 38 heavy (non-hydrogen) atoms. The number of ether oxygens (including phenoxy) is 1. The van der Waals surface area contributed by atoms with Crippen LogP contribution in [0.4, 0.5) is 14.5 Å². The van der Waals surface area contributed by atoms with Gasteiger partial charge in [0, 0.05) is 12.1 Å². The molecule has 0 saturated carbocycles. The van der Waals surface area contributed by atoms with E-state index in [1.165, 1.54) is 16.7 Å². The molecule has 0 aliphatic rings. The normalized spacial score (nSPS) is 11.3. The van der Waals surface area contributed by atoms with Crippen LogP contribution >= 0.6 is 0 Å². The number of aryl methyl sites for hydroxylation is 1. The number of nitrogens with two attached hydrogens (primary N) is 1. The van der Waals surface area contributed by atoms with Crippen molar-refractivity contribution in [1.29, 1.82) is 0 Å². The first-order chi connectivity index (χ1) is 18.1. The molecule has 2 aromatic carbocycles. The van der Waals surface area contributed by atoms with E-state index >= 15 is 4.39 Å². The zero-order valence-corrected chi connectivity index (χ0v) is 21.3. The molecule has 198 valence electrons. The molecule has 0 aliphatic carbocycles. The van der Waals surface area contributed by atoms with Crippen LogP contribution in [0.1, 0.15) is 50.7 Å². The summed E-state index contributed by atoms with van der Waals surface area (Å²) < 4.78 is 36.2. The third-order valence-corrected chi connectivity index (χ3v) is 6.25. The molecule has 0 unspecified atom stereocenters. The van der Waals surface area contributed by atoms with Gasteiger partial charge in [0.1, 0.15) is 11.5 Å². The van der Waals surface area contributed by atoms with Gasteiger partial charge in [0.05, 0.1) is 23.2 Å². The van der Waals surface area contributed by atoms with E-state index in [0.717, 1.165) is 17.7 Å². The Morgan fingerprint density at radius 2 is 1.87 bits per heavy atom. The summed E-state index contributed by atoms with van der Waals surface area (Å²) in [6.07, 6.45) is 1.04. The van der Waals surface area contributed by atoms with E-state index < -0.39 is 28.6 Å². The number of pyridine rings is 1. The maximum absolute atomic E-state index is 15.2. The maximum Gasteiger partial charge on any atom is 0.334 e. The molecule has 0 spiro atoms. The fourth-order valence-corrected chi connectivity index (χ4v) is 4.51. The lowest BCUT2D eigenvalue weighted by Crippen LogP contribution is -2.31. The molecule has 0 fully saturated rings. The van der Waals surface area contributed by atoms with Crippen LogP contribution < -0.4 is 17.0 Å². The molecule has 2 aromatic heterocycles. The number of hydrogen-bond acceptors (Lipinski definition) is 6.